The average molecular weight is 315 g/mol. The molecule has 0 aromatic heterocycles. The van der Waals surface area contributed by atoms with Crippen LogP contribution in [0.5, 0.6) is 0 Å². The number of carbonyl (C=O) groups is 2. The number of carbonyl (C=O) groups excluding carboxylic acids is 2. The molecule has 1 unspecified atom stereocenters. The molecule has 0 bridgehead atoms. The first-order chi connectivity index (χ1) is 10.9. The number of amides is 3. The van der Waals surface area contributed by atoms with Crippen LogP contribution in [0, 0.1) is 12.3 Å². The maximum absolute atomic E-state index is 12.5. The van der Waals surface area contributed by atoms with Gasteiger partial charge in [0.15, 0.2) is 0 Å². The minimum atomic E-state index is -0.0896. The molecule has 0 aliphatic carbocycles. The molecule has 5 nitrogen and oxygen atoms in total. The third-order valence-electron chi connectivity index (χ3n) is 4.86. The number of likely N-dealkylation sites (tertiary alicyclic amines) is 1. The van der Waals surface area contributed by atoms with Crippen LogP contribution in [0.2, 0.25) is 0 Å². The minimum Gasteiger partial charge on any atom is -0.336 e. The van der Waals surface area contributed by atoms with Gasteiger partial charge in [0.25, 0.3) is 0 Å². The zero-order chi connectivity index (χ0) is 16.6. The van der Waals surface area contributed by atoms with Crippen molar-refractivity contribution in [1.82, 2.24) is 10.2 Å². The number of nitrogens with one attached hydrogen (secondary N) is 1. The summed E-state index contributed by atoms with van der Waals surface area (Å²) >= 11 is 0. The maximum atomic E-state index is 12.5. The van der Waals surface area contributed by atoms with E-state index in [0.29, 0.717) is 19.5 Å². The Hall–Kier alpha value is -2.04. The largest absolute Gasteiger partial charge is 0.336 e. The van der Waals surface area contributed by atoms with E-state index in [9.17, 15) is 9.59 Å². The van der Waals surface area contributed by atoms with Crippen molar-refractivity contribution in [3.8, 4) is 0 Å². The lowest BCUT2D eigenvalue weighted by Crippen LogP contribution is -2.43. The van der Waals surface area contributed by atoms with Crippen LogP contribution in [0.15, 0.2) is 24.3 Å². The molecule has 1 spiro atoms. The number of urea groups is 1. The summed E-state index contributed by atoms with van der Waals surface area (Å²) in [6.07, 6.45) is 1.43. The second kappa shape index (κ2) is 5.87. The summed E-state index contributed by atoms with van der Waals surface area (Å²) in [5, 5.41) is 2.94. The Balaban J connectivity index is 1.73. The molecule has 5 heteroatoms. The SMILES string of the molecule is Cc1ccccc1N1CC2(CCN(C(=O)NC(C)C)C2)CC1=O. The van der Waals surface area contributed by atoms with Crippen LogP contribution in [0.25, 0.3) is 0 Å². The van der Waals surface area contributed by atoms with Crippen molar-refractivity contribution in [3.63, 3.8) is 0 Å². The molecule has 1 aromatic carbocycles. The fraction of sp³-hybridized carbons (Fsp3) is 0.556. The summed E-state index contributed by atoms with van der Waals surface area (Å²) in [5.74, 6) is 0.172. The summed E-state index contributed by atoms with van der Waals surface area (Å²) in [6, 6.07) is 8.11. The molecule has 2 fully saturated rings. The van der Waals surface area contributed by atoms with Gasteiger partial charge in [0, 0.05) is 43.2 Å². The maximum Gasteiger partial charge on any atom is 0.317 e. The van der Waals surface area contributed by atoms with Gasteiger partial charge in [-0.2, -0.15) is 0 Å². The Morgan fingerprint density at radius 3 is 2.70 bits per heavy atom. The van der Waals surface area contributed by atoms with Crippen molar-refractivity contribution in [1.29, 1.82) is 0 Å². The molecule has 124 valence electrons. The highest BCUT2D eigenvalue weighted by Gasteiger charge is 2.49. The summed E-state index contributed by atoms with van der Waals surface area (Å²) in [4.78, 5) is 28.5. The number of hydrogen-bond acceptors (Lipinski definition) is 2. The molecular formula is C18H25N3O2. The van der Waals surface area contributed by atoms with Gasteiger partial charge in [-0.15, -0.1) is 0 Å². The van der Waals surface area contributed by atoms with Crippen LogP contribution in [0.4, 0.5) is 10.5 Å². The number of para-hydroxylation sites is 1. The van der Waals surface area contributed by atoms with Crippen molar-refractivity contribution in [2.24, 2.45) is 5.41 Å². The average Bonchev–Trinajstić information content (AvgIpc) is 3.03. The Morgan fingerprint density at radius 1 is 1.26 bits per heavy atom. The normalized spacial score (nSPS) is 24.1. The monoisotopic (exact) mass is 315 g/mol. The standard InChI is InChI=1S/C18H25N3O2/c1-13(2)19-17(23)20-9-8-18(11-20)10-16(22)21(12-18)15-7-5-4-6-14(15)3/h4-7,13H,8-12H2,1-3H3,(H,19,23). The first kappa shape index (κ1) is 15.8. The highest BCUT2D eigenvalue weighted by molar-refractivity contribution is 5.97. The van der Waals surface area contributed by atoms with Gasteiger partial charge in [-0.25, -0.2) is 4.79 Å². The summed E-state index contributed by atoms with van der Waals surface area (Å²) in [6.45, 7) is 8.06. The van der Waals surface area contributed by atoms with Gasteiger partial charge in [0.05, 0.1) is 0 Å². The zero-order valence-electron chi connectivity index (χ0n) is 14.1. The Kier molecular flexibility index (Phi) is 4.04. The minimum absolute atomic E-state index is 0.0151. The second-order valence-electron chi connectivity index (χ2n) is 7.22. The molecule has 2 aliphatic heterocycles. The van der Waals surface area contributed by atoms with Gasteiger partial charge >= 0.3 is 6.03 Å². The van der Waals surface area contributed by atoms with Crippen LogP contribution in [-0.2, 0) is 4.79 Å². The van der Waals surface area contributed by atoms with Gasteiger partial charge in [-0.1, -0.05) is 18.2 Å². The fourth-order valence-corrected chi connectivity index (χ4v) is 3.70. The van der Waals surface area contributed by atoms with E-state index in [1.54, 1.807) is 0 Å². The number of benzene rings is 1. The highest BCUT2D eigenvalue weighted by Crippen LogP contribution is 2.42. The van der Waals surface area contributed by atoms with Crippen LogP contribution in [-0.4, -0.2) is 42.5 Å². The molecule has 1 aromatic rings. The lowest BCUT2D eigenvalue weighted by Gasteiger charge is -2.25. The third-order valence-corrected chi connectivity index (χ3v) is 4.86. The molecule has 23 heavy (non-hydrogen) atoms. The third kappa shape index (κ3) is 3.05. The van der Waals surface area contributed by atoms with Gasteiger partial charge in [0.2, 0.25) is 5.91 Å². The smallest absolute Gasteiger partial charge is 0.317 e. The van der Waals surface area contributed by atoms with Crippen molar-refractivity contribution in [3.05, 3.63) is 29.8 Å². The van der Waals surface area contributed by atoms with Crippen LogP contribution in [0.3, 0.4) is 0 Å². The highest BCUT2D eigenvalue weighted by atomic mass is 16.2. The Labute approximate surface area is 137 Å². The van der Waals surface area contributed by atoms with Crippen LogP contribution < -0.4 is 10.2 Å². The van der Waals surface area contributed by atoms with E-state index in [4.69, 9.17) is 0 Å². The van der Waals surface area contributed by atoms with E-state index in [1.165, 1.54) is 0 Å². The first-order valence-electron chi connectivity index (χ1n) is 8.32. The lowest BCUT2D eigenvalue weighted by molar-refractivity contribution is -0.117. The van der Waals surface area contributed by atoms with E-state index < -0.39 is 0 Å². The number of rotatable bonds is 2. The van der Waals surface area contributed by atoms with E-state index in [2.05, 4.69) is 5.32 Å². The van der Waals surface area contributed by atoms with Gasteiger partial charge in [-0.3, -0.25) is 4.79 Å². The van der Waals surface area contributed by atoms with Gasteiger partial charge in [0.1, 0.15) is 0 Å². The van der Waals surface area contributed by atoms with Crippen molar-refractivity contribution < 1.29 is 9.59 Å². The molecular weight excluding hydrogens is 290 g/mol. The Morgan fingerprint density at radius 2 is 2.00 bits per heavy atom. The van der Waals surface area contributed by atoms with E-state index >= 15 is 0 Å². The molecule has 0 radical (unpaired) electrons. The summed E-state index contributed by atoms with van der Waals surface area (Å²) in [7, 11) is 0. The molecule has 0 saturated carbocycles. The number of nitrogens with zero attached hydrogens (tertiary/aromatic N) is 2. The van der Waals surface area contributed by atoms with Gasteiger partial charge in [-0.05, 0) is 38.8 Å². The quantitative estimate of drug-likeness (QED) is 0.912. The van der Waals surface area contributed by atoms with Crippen LogP contribution >= 0.6 is 0 Å². The molecule has 2 heterocycles. The predicted molar refractivity (Wildman–Crippen MR) is 90.4 cm³/mol. The Bertz CT molecular complexity index is 628. The van der Waals surface area contributed by atoms with Crippen molar-refractivity contribution in [2.45, 2.75) is 39.7 Å². The molecule has 1 N–H and O–H groups in total. The topological polar surface area (TPSA) is 52.6 Å². The van der Waals surface area contributed by atoms with E-state index in [0.717, 1.165) is 24.2 Å². The zero-order valence-corrected chi connectivity index (χ0v) is 14.1. The number of anilines is 1. The molecule has 2 saturated heterocycles. The van der Waals surface area contributed by atoms with Gasteiger partial charge < -0.3 is 15.1 Å². The summed E-state index contributed by atoms with van der Waals surface area (Å²) in [5.41, 5.74) is 2.03. The molecule has 3 rings (SSSR count). The fourth-order valence-electron chi connectivity index (χ4n) is 3.70. The molecule has 2 aliphatic rings. The van der Waals surface area contributed by atoms with Crippen molar-refractivity contribution >= 4 is 17.6 Å². The second-order valence-corrected chi connectivity index (χ2v) is 7.22. The number of aryl methyl sites for hydroxylation is 1. The summed E-state index contributed by atoms with van der Waals surface area (Å²) < 4.78 is 0. The number of hydrogen-bond donors (Lipinski definition) is 1. The van der Waals surface area contributed by atoms with E-state index in [1.807, 2.05) is 54.8 Å². The first-order valence-corrected chi connectivity index (χ1v) is 8.32. The van der Waals surface area contributed by atoms with E-state index in [-0.39, 0.29) is 23.4 Å². The lowest BCUT2D eigenvalue weighted by atomic mass is 9.86. The predicted octanol–water partition coefficient (Wildman–Crippen LogP) is 2.54. The molecule has 3 amide bonds. The van der Waals surface area contributed by atoms with Crippen molar-refractivity contribution in [2.75, 3.05) is 24.5 Å². The van der Waals surface area contributed by atoms with Crippen LogP contribution in [0.1, 0.15) is 32.3 Å². The molecule has 1 atom stereocenters.